The van der Waals surface area contributed by atoms with Crippen LogP contribution in [0.25, 0.3) is 0 Å². The number of rotatable bonds is 10. The molecule has 9 nitrogen and oxygen atoms in total. The van der Waals surface area contributed by atoms with Crippen molar-refractivity contribution in [1.82, 2.24) is 20.4 Å². The molecule has 2 heterocycles. The van der Waals surface area contributed by atoms with Crippen LogP contribution in [0.2, 0.25) is 5.02 Å². The Morgan fingerprint density at radius 3 is 2.50 bits per heavy atom. The fraction of sp³-hybridized carbons (Fsp3) is 0.606. The lowest BCUT2D eigenvalue weighted by atomic mass is 9.83. The van der Waals surface area contributed by atoms with Gasteiger partial charge in [0, 0.05) is 33.3 Å². The number of carbonyl (C=O) groups excluding carboxylic acids is 3. The lowest BCUT2D eigenvalue weighted by molar-refractivity contribution is -0.145. The molecule has 2 saturated carbocycles. The summed E-state index contributed by atoms with van der Waals surface area (Å²) in [5.74, 6) is -1.26. The smallest absolute Gasteiger partial charge is 0.409 e. The Kier molecular flexibility index (Phi) is 11.0. The number of thiophene rings is 1. The van der Waals surface area contributed by atoms with E-state index in [1.54, 1.807) is 23.1 Å². The van der Waals surface area contributed by atoms with Crippen molar-refractivity contribution >= 4 is 40.8 Å². The van der Waals surface area contributed by atoms with Gasteiger partial charge in [-0.25, -0.2) is 4.79 Å². The number of hydrogen-bond donors (Lipinski definition) is 3. The number of hydrogen-bond acceptors (Lipinski definition) is 7. The summed E-state index contributed by atoms with van der Waals surface area (Å²) in [6.07, 6.45) is 8.18. The van der Waals surface area contributed by atoms with Gasteiger partial charge < -0.3 is 30.9 Å². The van der Waals surface area contributed by atoms with E-state index >= 15 is 0 Å². The molecule has 0 spiro atoms. The first-order chi connectivity index (χ1) is 22.1. The molecule has 2 aromatic rings. The maximum absolute atomic E-state index is 14.5. The zero-order chi connectivity index (χ0) is 32.7. The zero-order valence-electron chi connectivity index (χ0n) is 27.3. The van der Waals surface area contributed by atoms with E-state index in [9.17, 15) is 15.8 Å². The molecule has 5 rings (SSSR count). The van der Waals surface area contributed by atoms with Crippen LogP contribution in [0, 0.1) is 5.89 Å². The Morgan fingerprint density at radius 1 is 1.05 bits per heavy atom. The number of benzene rings is 1. The van der Waals surface area contributed by atoms with Crippen LogP contribution in [0.3, 0.4) is 0 Å². The van der Waals surface area contributed by atoms with Crippen LogP contribution < -0.4 is 21.1 Å². The Balaban J connectivity index is 1.37. The minimum atomic E-state index is -0.981. The second kappa shape index (κ2) is 16.1. The van der Waals surface area contributed by atoms with Gasteiger partial charge in [-0.3, -0.25) is 9.59 Å². The SMILES string of the molecule is [2H]C1(C[C@H](NC2([2H])CCCCC2)C(=O)N2CCN(C(=O)Oc3cccc(CN)c3Cl)C[C@H]2C(=O)NCc2cccs2)CCCCC1. The van der Waals surface area contributed by atoms with Crippen molar-refractivity contribution in [1.29, 1.82) is 0 Å². The quantitative estimate of drug-likeness (QED) is 0.316. The van der Waals surface area contributed by atoms with E-state index in [0.29, 0.717) is 37.8 Å². The molecule has 3 fully saturated rings. The molecule has 44 heavy (non-hydrogen) atoms. The number of carbonyl (C=O) groups is 3. The fourth-order valence-electron chi connectivity index (χ4n) is 6.41. The Morgan fingerprint density at radius 2 is 1.80 bits per heavy atom. The second-order valence-corrected chi connectivity index (χ2v) is 13.4. The van der Waals surface area contributed by atoms with E-state index in [0.717, 1.165) is 43.4 Å². The van der Waals surface area contributed by atoms with E-state index in [4.69, 9.17) is 23.4 Å². The van der Waals surface area contributed by atoms with Crippen molar-refractivity contribution < 1.29 is 21.9 Å². The van der Waals surface area contributed by atoms with Gasteiger partial charge in [-0.1, -0.05) is 81.2 Å². The molecule has 4 N–H and O–H groups in total. The average molecular weight is 646 g/mol. The summed E-state index contributed by atoms with van der Waals surface area (Å²) in [6, 6.07) is 6.16. The molecule has 0 bridgehead atoms. The van der Waals surface area contributed by atoms with Gasteiger partial charge in [0.05, 0.1) is 24.2 Å². The normalized spacial score (nSPS) is 22.8. The summed E-state index contributed by atoms with van der Waals surface area (Å²) in [6.45, 7) is 0.675. The highest BCUT2D eigenvalue weighted by Crippen LogP contribution is 2.31. The number of halogens is 1. The van der Waals surface area contributed by atoms with E-state index in [2.05, 4.69) is 10.6 Å². The van der Waals surface area contributed by atoms with Crippen LogP contribution in [0.1, 0.15) is 83.8 Å². The van der Waals surface area contributed by atoms with Gasteiger partial charge in [-0.05, 0) is 48.2 Å². The highest BCUT2D eigenvalue weighted by molar-refractivity contribution is 7.09. The van der Waals surface area contributed by atoms with Crippen molar-refractivity contribution in [2.45, 2.75) is 102 Å². The van der Waals surface area contributed by atoms with Crippen LogP contribution in [-0.2, 0) is 22.7 Å². The molecule has 1 saturated heterocycles. The van der Waals surface area contributed by atoms with Gasteiger partial charge >= 0.3 is 6.09 Å². The molecular weight excluding hydrogens is 598 g/mol. The van der Waals surface area contributed by atoms with Crippen molar-refractivity contribution in [3.63, 3.8) is 0 Å². The van der Waals surface area contributed by atoms with Gasteiger partial charge in [0.2, 0.25) is 11.8 Å². The van der Waals surface area contributed by atoms with Gasteiger partial charge in [0.1, 0.15) is 6.04 Å². The van der Waals surface area contributed by atoms with Gasteiger partial charge in [0.25, 0.3) is 0 Å². The first-order valence-electron chi connectivity index (χ1n) is 16.9. The number of nitrogens with two attached hydrogens (primary N) is 1. The highest BCUT2D eigenvalue weighted by Gasteiger charge is 2.41. The molecule has 1 aromatic carbocycles. The fourth-order valence-corrected chi connectivity index (χ4v) is 7.29. The van der Waals surface area contributed by atoms with Gasteiger partial charge in [-0.2, -0.15) is 0 Å². The van der Waals surface area contributed by atoms with Crippen LogP contribution in [-0.4, -0.2) is 65.4 Å². The monoisotopic (exact) mass is 645 g/mol. The summed E-state index contributed by atoms with van der Waals surface area (Å²) < 4.78 is 24.0. The first-order valence-corrected chi connectivity index (χ1v) is 17.2. The number of ether oxygens (including phenoxy) is 1. The lowest BCUT2D eigenvalue weighted by Gasteiger charge is -2.42. The molecule has 1 aliphatic heterocycles. The van der Waals surface area contributed by atoms with Crippen LogP contribution in [0.5, 0.6) is 5.75 Å². The maximum atomic E-state index is 14.5. The van der Waals surface area contributed by atoms with Crippen molar-refractivity contribution in [3.8, 4) is 5.75 Å². The molecule has 240 valence electrons. The largest absolute Gasteiger partial charge is 0.415 e. The summed E-state index contributed by atoms with van der Waals surface area (Å²) in [5, 5.41) is 8.54. The molecule has 2 atom stereocenters. The first kappa shape index (κ1) is 30.0. The van der Waals surface area contributed by atoms with Crippen LogP contribution in [0.15, 0.2) is 35.7 Å². The molecule has 3 aliphatic rings. The third kappa shape index (κ3) is 8.53. The number of nitrogens with one attached hydrogen (secondary N) is 2. The number of piperazine rings is 1. The summed E-state index contributed by atoms with van der Waals surface area (Å²) in [5.41, 5.74) is 6.41. The predicted octanol–water partition coefficient (Wildman–Crippen LogP) is 5.45. The molecule has 0 unspecified atom stereocenters. The molecule has 11 heteroatoms. The molecular formula is C33H46ClN5O4S. The summed E-state index contributed by atoms with van der Waals surface area (Å²) >= 11 is 7.93. The second-order valence-electron chi connectivity index (χ2n) is 12.0. The van der Waals surface area contributed by atoms with Crippen molar-refractivity contribution in [3.05, 3.63) is 51.2 Å². The highest BCUT2D eigenvalue weighted by atomic mass is 35.5. The van der Waals surface area contributed by atoms with E-state index < -0.39 is 30.1 Å². The third-order valence-corrected chi connectivity index (χ3v) is 10.2. The zero-order valence-corrected chi connectivity index (χ0v) is 26.9. The molecule has 2 aliphatic carbocycles. The minimum Gasteiger partial charge on any atom is -0.409 e. The lowest BCUT2D eigenvalue weighted by Crippen LogP contribution is -2.64. The molecule has 1 aromatic heterocycles. The Bertz CT molecular complexity index is 1330. The summed E-state index contributed by atoms with van der Waals surface area (Å²) in [7, 11) is 0. The Labute approximate surface area is 272 Å². The Hall–Kier alpha value is -2.66. The van der Waals surface area contributed by atoms with E-state index in [-0.39, 0.29) is 55.2 Å². The van der Waals surface area contributed by atoms with E-state index in [1.165, 1.54) is 16.2 Å². The predicted molar refractivity (Wildman–Crippen MR) is 174 cm³/mol. The number of nitrogens with zero attached hydrogens (tertiary/aromatic N) is 2. The maximum Gasteiger partial charge on any atom is 0.415 e. The summed E-state index contributed by atoms with van der Waals surface area (Å²) in [4.78, 5) is 45.6. The van der Waals surface area contributed by atoms with Crippen LogP contribution >= 0.6 is 22.9 Å². The van der Waals surface area contributed by atoms with E-state index in [1.807, 2.05) is 17.5 Å². The topological polar surface area (TPSA) is 117 Å². The van der Waals surface area contributed by atoms with Gasteiger partial charge in [0.15, 0.2) is 5.75 Å². The molecule has 0 radical (unpaired) electrons. The average Bonchev–Trinajstić information content (AvgIpc) is 3.58. The molecule has 3 amide bonds. The van der Waals surface area contributed by atoms with Gasteiger partial charge in [-0.15, -0.1) is 11.3 Å². The van der Waals surface area contributed by atoms with Crippen molar-refractivity contribution in [2.24, 2.45) is 11.6 Å². The number of amides is 3. The van der Waals surface area contributed by atoms with Crippen LogP contribution in [0.4, 0.5) is 4.79 Å². The van der Waals surface area contributed by atoms with Crippen molar-refractivity contribution in [2.75, 3.05) is 19.6 Å². The third-order valence-electron chi connectivity index (χ3n) is 8.89. The minimum absolute atomic E-state index is 0.0696. The standard InChI is InChI=1S/C33H46ClN5O4S/c34-30-24(20-35)11-7-15-29(30)43-33(42)38-16-17-39(28(22-38)31(40)36-21-26-14-8-18-44-26)32(41)27(19-23-9-3-1-4-10-23)37-25-12-5-2-6-13-25/h7-8,11,14-15,18,23,25,27-28,37H,1-6,9-10,12-13,16-17,19-22,35H2,(H,36,40)/t27-,28-/m0/s1/i23D,25D.